The molecule has 0 saturated carbocycles. The van der Waals surface area contributed by atoms with Crippen LogP contribution in [0.5, 0.6) is 0 Å². The van der Waals surface area contributed by atoms with Gasteiger partial charge in [-0.15, -0.1) is 11.3 Å². The van der Waals surface area contributed by atoms with Crippen molar-refractivity contribution in [1.82, 2.24) is 24.9 Å². The highest BCUT2D eigenvalue weighted by Crippen LogP contribution is 2.34. The molecule has 9 heteroatoms. The number of anilines is 3. The van der Waals surface area contributed by atoms with Gasteiger partial charge in [0.15, 0.2) is 5.82 Å². The normalized spacial score (nSPS) is 10.9. The molecule has 0 fully saturated rings. The highest BCUT2D eigenvalue weighted by atomic mass is 32.1. The van der Waals surface area contributed by atoms with Crippen LogP contribution in [0.2, 0.25) is 0 Å². The van der Waals surface area contributed by atoms with E-state index < -0.39 is 0 Å². The lowest BCUT2D eigenvalue weighted by molar-refractivity contribution is 0.102. The van der Waals surface area contributed by atoms with Crippen molar-refractivity contribution in [2.45, 2.75) is 0 Å². The Labute approximate surface area is 222 Å². The second kappa shape index (κ2) is 10.2. The van der Waals surface area contributed by atoms with E-state index >= 15 is 0 Å². The Morgan fingerprint density at radius 3 is 2.47 bits per heavy atom. The number of thiazole rings is 1. The fourth-order valence-corrected chi connectivity index (χ4v) is 4.96. The lowest BCUT2D eigenvalue weighted by Gasteiger charge is -2.19. The van der Waals surface area contributed by atoms with Crippen LogP contribution >= 0.6 is 11.3 Å². The predicted molar refractivity (Wildman–Crippen MR) is 151 cm³/mol. The van der Waals surface area contributed by atoms with Gasteiger partial charge in [-0.3, -0.25) is 14.8 Å². The first kappa shape index (κ1) is 23.4. The number of para-hydroxylation sites is 1. The molecule has 4 aromatic heterocycles. The highest BCUT2D eigenvalue weighted by Gasteiger charge is 2.18. The van der Waals surface area contributed by atoms with Crippen molar-refractivity contribution in [2.24, 2.45) is 0 Å². The number of nitrogens with zero attached hydrogens (tertiary/aromatic N) is 6. The van der Waals surface area contributed by atoms with Crippen LogP contribution in [0.4, 0.5) is 17.2 Å². The monoisotopic (exact) mass is 515 g/mol. The summed E-state index contributed by atoms with van der Waals surface area (Å²) < 4.78 is 0.981. The summed E-state index contributed by atoms with van der Waals surface area (Å²) in [5.74, 6) is 0.681. The smallest absolute Gasteiger partial charge is 0.274 e. The first-order valence-electron chi connectivity index (χ1n) is 11.9. The van der Waals surface area contributed by atoms with Crippen LogP contribution in [0, 0.1) is 0 Å². The lowest BCUT2D eigenvalue weighted by atomic mass is 10.1. The zero-order valence-electron chi connectivity index (χ0n) is 20.3. The highest BCUT2D eigenvalue weighted by molar-refractivity contribution is 7.21. The Hall–Kier alpha value is -5.02. The molecular formula is C29H21N7OS. The van der Waals surface area contributed by atoms with Crippen LogP contribution in [-0.2, 0) is 0 Å². The zero-order valence-corrected chi connectivity index (χ0v) is 21.1. The van der Waals surface area contributed by atoms with E-state index in [0.29, 0.717) is 17.3 Å². The minimum atomic E-state index is -0.347. The Balaban J connectivity index is 1.38. The van der Waals surface area contributed by atoms with E-state index in [1.807, 2.05) is 84.7 Å². The number of rotatable bonds is 6. The Morgan fingerprint density at radius 2 is 1.66 bits per heavy atom. The molecule has 2 aromatic carbocycles. The number of nitrogens with one attached hydrogen (secondary N) is 1. The number of benzene rings is 2. The molecule has 0 unspecified atom stereocenters. The van der Waals surface area contributed by atoms with Crippen LogP contribution in [-0.4, -0.2) is 37.9 Å². The summed E-state index contributed by atoms with van der Waals surface area (Å²) in [5, 5.41) is 3.84. The summed E-state index contributed by atoms with van der Waals surface area (Å²) in [5.41, 5.74) is 4.23. The molecule has 6 rings (SSSR count). The van der Waals surface area contributed by atoms with E-state index in [1.165, 1.54) is 11.3 Å². The number of hydrogen-bond acceptors (Lipinski definition) is 8. The number of pyridine rings is 2. The molecule has 38 heavy (non-hydrogen) atoms. The molecule has 0 bridgehead atoms. The standard InChI is InChI=1S/C29H21N7OS/c1-36(20-10-7-14-30-17-20)26-16-24(32-27(35-26)19-8-3-2-4-9-19)28(37)33-22-12-6-5-11-21(22)29-34-23-13-15-31-18-25(23)38-29/h2-18H,1H3,(H,33,37). The summed E-state index contributed by atoms with van der Waals surface area (Å²) >= 11 is 1.53. The second-order valence-electron chi connectivity index (χ2n) is 8.43. The summed E-state index contributed by atoms with van der Waals surface area (Å²) in [4.78, 5) is 38.0. The van der Waals surface area contributed by atoms with E-state index in [1.54, 1.807) is 30.9 Å². The number of carbonyl (C=O) groups is 1. The quantitative estimate of drug-likeness (QED) is 0.281. The van der Waals surface area contributed by atoms with Crippen molar-refractivity contribution in [2.75, 3.05) is 17.3 Å². The van der Waals surface area contributed by atoms with Gasteiger partial charge >= 0.3 is 0 Å². The van der Waals surface area contributed by atoms with Crippen molar-refractivity contribution in [3.63, 3.8) is 0 Å². The minimum Gasteiger partial charge on any atom is -0.328 e. The van der Waals surface area contributed by atoms with Crippen molar-refractivity contribution in [3.8, 4) is 22.0 Å². The van der Waals surface area contributed by atoms with Gasteiger partial charge in [-0.05, 0) is 30.3 Å². The van der Waals surface area contributed by atoms with Gasteiger partial charge in [0.25, 0.3) is 5.91 Å². The maximum Gasteiger partial charge on any atom is 0.274 e. The average Bonchev–Trinajstić information content (AvgIpc) is 3.42. The first-order chi connectivity index (χ1) is 18.7. The largest absolute Gasteiger partial charge is 0.328 e. The van der Waals surface area contributed by atoms with Crippen LogP contribution in [0.25, 0.3) is 32.2 Å². The molecule has 0 spiro atoms. The van der Waals surface area contributed by atoms with Crippen LogP contribution in [0.1, 0.15) is 10.5 Å². The number of aromatic nitrogens is 5. The maximum absolute atomic E-state index is 13.6. The summed E-state index contributed by atoms with van der Waals surface area (Å²) in [7, 11) is 1.88. The number of hydrogen-bond donors (Lipinski definition) is 1. The number of fused-ring (bicyclic) bond motifs is 1. The van der Waals surface area contributed by atoms with Gasteiger partial charge in [0.1, 0.15) is 16.5 Å². The van der Waals surface area contributed by atoms with Crippen molar-refractivity contribution in [1.29, 1.82) is 0 Å². The van der Waals surface area contributed by atoms with Crippen molar-refractivity contribution in [3.05, 3.63) is 109 Å². The molecule has 0 atom stereocenters. The fourth-order valence-electron chi connectivity index (χ4n) is 3.98. The Morgan fingerprint density at radius 1 is 0.842 bits per heavy atom. The minimum absolute atomic E-state index is 0.243. The van der Waals surface area contributed by atoms with Gasteiger partial charge in [0.2, 0.25) is 0 Å². The third-order valence-electron chi connectivity index (χ3n) is 5.95. The Bertz CT molecular complexity index is 1710. The zero-order chi connectivity index (χ0) is 25.9. The van der Waals surface area contributed by atoms with Gasteiger partial charge in [-0.25, -0.2) is 15.0 Å². The van der Waals surface area contributed by atoms with Gasteiger partial charge < -0.3 is 10.2 Å². The van der Waals surface area contributed by atoms with E-state index in [-0.39, 0.29) is 11.6 Å². The molecule has 6 aromatic rings. The molecule has 1 N–H and O–H groups in total. The molecule has 0 radical (unpaired) electrons. The molecule has 4 heterocycles. The lowest BCUT2D eigenvalue weighted by Crippen LogP contribution is -2.18. The molecule has 0 aliphatic rings. The molecule has 0 aliphatic heterocycles. The molecule has 1 amide bonds. The van der Waals surface area contributed by atoms with Crippen LogP contribution in [0.15, 0.2) is 104 Å². The van der Waals surface area contributed by atoms with Crippen LogP contribution in [0.3, 0.4) is 0 Å². The Kier molecular flexibility index (Phi) is 6.25. The average molecular weight is 516 g/mol. The first-order valence-corrected chi connectivity index (χ1v) is 12.7. The summed E-state index contributed by atoms with van der Waals surface area (Å²) in [6.07, 6.45) is 6.97. The number of carbonyl (C=O) groups excluding carboxylic acids is 1. The topological polar surface area (TPSA) is 96.8 Å². The third kappa shape index (κ3) is 4.70. The SMILES string of the molecule is CN(c1cccnc1)c1cc(C(=O)Nc2ccccc2-c2nc3ccncc3s2)nc(-c2ccccc2)n1. The molecule has 184 valence electrons. The van der Waals surface area contributed by atoms with Crippen molar-refractivity contribution >= 4 is 44.7 Å². The van der Waals surface area contributed by atoms with E-state index in [4.69, 9.17) is 9.97 Å². The summed E-state index contributed by atoms with van der Waals surface area (Å²) in [6.45, 7) is 0. The molecule has 0 aliphatic carbocycles. The van der Waals surface area contributed by atoms with Gasteiger partial charge in [-0.2, -0.15) is 0 Å². The summed E-state index contributed by atoms with van der Waals surface area (Å²) in [6, 6.07) is 24.6. The van der Waals surface area contributed by atoms with E-state index in [2.05, 4.69) is 20.3 Å². The van der Waals surface area contributed by atoms with E-state index in [9.17, 15) is 4.79 Å². The van der Waals surface area contributed by atoms with Gasteiger partial charge in [-0.1, -0.05) is 42.5 Å². The third-order valence-corrected chi connectivity index (χ3v) is 6.99. The van der Waals surface area contributed by atoms with Crippen LogP contribution < -0.4 is 10.2 Å². The van der Waals surface area contributed by atoms with E-state index in [0.717, 1.165) is 32.0 Å². The van der Waals surface area contributed by atoms with Crippen molar-refractivity contribution < 1.29 is 4.79 Å². The molecule has 8 nitrogen and oxygen atoms in total. The molecular weight excluding hydrogens is 494 g/mol. The second-order valence-corrected chi connectivity index (χ2v) is 9.46. The molecule has 0 saturated heterocycles. The number of amides is 1. The predicted octanol–water partition coefficient (Wildman–Crippen LogP) is 6.23. The fraction of sp³-hybridized carbons (Fsp3) is 0.0345. The van der Waals surface area contributed by atoms with Gasteiger partial charge in [0.05, 0.1) is 27.8 Å². The maximum atomic E-state index is 13.6. The van der Waals surface area contributed by atoms with Gasteiger partial charge in [0, 0.05) is 42.8 Å².